The molecule has 1 fully saturated rings. The summed E-state index contributed by atoms with van der Waals surface area (Å²) in [6.45, 7) is 7.12. The van der Waals surface area contributed by atoms with E-state index in [-0.39, 0.29) is 5.41 Å². The van der Waals surface area contributed by atoms with E-state index in [0.29, 0.717) is 30.5 Å². The molecule has 4 N–H and O–H groups in total. The minimum absolute atomic E-state index is 0.351. The number of carbonyl (C=O) groups is 2. The van der Waals surface area contributed by atoms with Gasteiger partial charge in [0.1, 0.15) is 5.75 Å². The SMILES string of the molecule is COc1cccc(-c2c(OC(N)=O)c3n(c2C2CC2)CCN(OC(N)=O)C3C(C)(C)C)c1. The van der Waals surface area contributed by atoms with Crippen LogP contribution in [0.3, 0.4) is 0 Å². The van der Waals surface area contributed by atoms with Crippen molar-refractivity contribution in [2.75, 3.05) is 13.7 Å². The normalized spacial score (nSPS) is 18.7. The monoisotopic (exact) mass is 442 g/mol. The van der Waals surface area contributed by atoms with Crippen LogP contribution in [0.2, 0.25) is 0 Å². The smallest absolute Gasteiger partial charge is 0.423 e. The van der Waals surface area contributed by atoms with E-state index in [1.807, 2.05) is 45.0 Å². The number of aromatic nitrogens is 1. The Hall–Kier alpha value is -3.20. The summed E-state index contributed by atoms with van der Waals surface area (Å²) in [6, 6.07) is 7.25. The first-order chi connectivity index (χ1) is 15.1. The molecule has 172 valence electrons. The van der Waals surface area contributed by atoms with Gasteiger partial charge in [-0.2, -0.15) is 0 Å². The van der Waals surface area contributed by atoms with E-state index in [2.05, 4.69) is 4.57 Å². The highest BCUT2D eigenvalue weighted by Gasteiger charge is 2.46. The molecule has 1 aromatic carbocycles. The first-order valence-electron chi connectivity index (χ1n) is 10.7. The van der Waals surface area contributed by atoms with Gasteiger partial charge in [0.2, 0.25) is 0 Å². The number of rotatable bonds is 5. The second kappa shape index (κ2) is 8.05. The topological polar surface area (TPSA) is 122 Å². The summed E-state index contributed by atoms with van der Waals surface area (Å²) in [5.74, 6) is 1.44. The highest BCUT2D eigenvalue weighted by Crippen LogP contribution is 2.55. The van der Waals surface area contributed by atoms with E-state index in [0.717, 1.165) is 35.4 Å². The predicted octanol–water partition coefficient (Wildman–Crippen LogP) is 3.91. The Morgan fingerprint density at radius 1 is 1.06 bits per heavy atom. The van der Waals surface area contributed by atoms with Gasteiger partial charge in [0.05, 0.1) is 25.4 Å². The molecule has 1 unspecified atom stereocenters. The first-order valence-corrected chi connectivity index (χ1v) is 10.7. The molecule has 2 aromatic rings. The molecule has 1 saturated carbocycles. The second-order valence-corrected chi connectivity index (χ2v) is 9.37. The molecule has 1 aliphatic heterocycles. The number of benzene rings is 1. The third-order valence-corrected chi connectivity index (χ3v) is 5.94. The van der Waals surface area contributed by atoms with Crippen molar-refractivity contribution in [2.24, 2.45) is 16.9 Å². The summed E-state index contributed by atoms with van der Waals surface area (Å²) < 4.78 is 13.3. The van der Waals surface area contributed by atoms with Gasteiger partial charge in [-0.05, 0) is 36.0 Å². The molecule has 2 aliphatic rings. The third kappa shape index (κ3) is 4.00. The zero-order valence-electron chi connectivity index (χ0n) is 18.9. The maximum Gasteiger partial charge on any atom is 0.423 e. The summed E-state index contributed by atoms with van der Waals surface area (Å²) in [6.07, 6.45) is 0.327. The number of hydroxylamine groups is 2. The van der Waals surface area contributed by atoms with Gasteiger partial charge < -0.3 is 30.3 Å². The second-order valence-electron chi connectivity index (χ2n) is 9.37. The number of hydrogen-bond donors (Lipinski definition) is 2. The van der Waals surface area contributed by atoms with E-state index in [4.69, 9.17) is 25.8 Å². The van der Waals surface area contributed by atoms with Gasteiger partial charge in [-0.1, -0.05) is 32.9 Å². The maximum absolute atomic E-state index is 12.0. The van der Waals surface area contributed by atoms with Crippen LogP contribution in [0.4, 0.5) is 9.59 Å². The molecule has 4 rings (SSSR count). The molecule has 1 atom stereocenters. The van der Waals surface area contributed by atoms with Gasteiger partial charge in [0, 0.05) is 23.7 Å². The Bertz CT molecular complexity index is 1050. The molecule has 1 aromatic heterocycles. The molecule has 0 saturated heterocycles. The molecule has 9 heteroatoms. The third-order valence-electron chi connectivity index (χ3n) is 5.94. The lowest BCUT2D eigenvalue weighted by Crippen LogP contribution is -2.46. The summed E-state index contributed by atoms with van der Waals surface area (Å²) >= 11 is 0. The van der Waals surface area contributed by atoms with E-state index in [1.165, 1.54) is 0 Å². The van der Waals surface area contributed by atoms with Crippen LogP contribution < -0.4 is 20.9 Å². The molecule has 0 radical (unpaired) electrons. The van der Waals surface area contributed by atoms with Crippen molar-refractivity contribution in [3.63, 3.8) is 0 Å². The molecule has 0 bridgehead atoms. The molecule has 2 heterocycles. The first kappa shape index (κ1) is 22.0. The standard InChI is InChI=1S/C23H30N4O5/c1-23(2,3)20-18-19(31-21(24)28)16(14-6-5-7-15(12-14)30-4)17(13-8-9-13)26(18)10-11-27(20)32-22(25)29/h5-7,12-13,20H,8-11H2,1-4H3,(H2,24,28)(H2,25,29). The minimum Gasteiger partial charge on any atom is -0.497 e. The van der Waals surface area contributed by atoms with Crippen molar-refractivity contribution in [3.05, 3.63) is 35.7 Å². The van der Waals surface area contributed by atoms with Crippen LogP contribution in [0.15, 0.2) is 24.3 Å². The largest absolute Gasteiger partial charge is 0.497 e. The lowest BCUT2D eigenvalue weighted by molar-refractivity contribution is -0.168. The van der Waals surface area contributed by atoms with Gasteiger partial charge in [-0.25, -0.2) is 9.59 Å². The zero-order valence-corrected chi connectivity index (χ0v) is 18.9. The van der Waals surface area contributed by atoms with Crippen molar-refractivity contribution in [2.45, 2.75) is 52.1 Å². The Balaban J connectivity index is 2.01. The molecule has 2 amide bonds. The molecule has 0 spiro atoms. The van der Waals surface area contributed by atoms with Gasteiger partial charge in [-0.3, -0.25) is 0 Å². The molecular formula is C23H30N4O5. The number of ether oxygens (including phenoxy) is 2. The molecule has 32 heavy (non-hydrogen) atoms. The van der Waals surface area contributed by atoms with Crippen molar-refractivity contribution < 1.29 is 23.9 Å². The number of hydrogen-bond acceptors (Lipinski definition) is 6. The Morgan fingerprint density at radius 2 is 1.78 bits per heavy atom. The van der Waals surface area contributed by atoms with Crippen LogP contribution in [0, 0.1) is 5.41 Å². The fourth-order valence-corrected chi connectivity index (χ4v) is 4.71. The zero-order chi connectivity index (χ0) is 23.2. The Kier molecular flexibility index (Phi) is 5.54. The average Bonchev–Trinajstić information content (AvgIpc) is 3.49. The quantitative estimate of drug-likeness (QED) is 0.724. The number of nitrogens with zero attached hydrogens (tertiary/aromatic N) is 2. The van der Waals surface area contributed by atoms with Crippen molar-refractivity contribution in [3.8, 4) is 22.6 Å². The maximum atomic E-state index is 12.0. The van der Waals surface area contributed by atoms with Crippen LogP contribution >= 0.6 is 0 Å². The number of methoxy groups -OCH3 is 1. The molecule has 1 aliphatic carbocycles. The van der Waals surface area contributed by atoms with Gasteiger partial charge in [-0.15, -0.1) is 5.06 Å². The fraction of sp³-hybridized carbons (Fsp3) is 0.478. The van der Waals surface area contributed by atoms with Crippen LogP contribution in [0.1, 0.15) is 57.0 Å². The fourth-order valence-electron chi connectivity index (χ4n) is 4.71. The highest BCUT2D eigenvalue weighted by atomic mass is 16.7. The predicted molar refractivity (Wildman–Crippen MR) is 118 cm³/mol. The van der Waals surface area contributed by atoms with Crippen LogP contribution in [0.5, 0.6) is 11.5 Å². The summed E-state index contributed by atoms with van der Waals surface area (Å²) in [5, 5.41) is 1.58. The van der Waals surface area contributed by atoms with Crippen LogP contribution in [-0.2, 0) is 11.4 Å². The highest BCUT2D eigenvalue weighted by molar-refractivity contribution is 5.81. The lowest BCUT2D eigenvalue weighted by Gasteiger charge is -2.42. The van der Waals surface area contributed by atoms with E-state index < -0.39 is 18.2 Å². The van der Waals surface area contributed by atoms with Gasteiger partial charge in [0.25, 0.3) is 0 Å². The average molecular weight is 443 g/mol. The number of nitrogens with two attached hydrogens (primary N) is 2. The van der Waals surface area contributed by atoms with Crippen LogP contribution in [0.25, 0.3) is 11.1 Å². The summed E-state index contributed by atoms with van der Waals surface area (Å²) in [4.78, 5) is 29.0. The molecule has 9 nitrogen and oxygen atoms in total. The Morgan fingerprint density at radius 3 is 2.34 bits per heavy atom. The Labute approximate surface area is 187 Å². The van der Waals surface area contributed by atoms with Crippen LogP contribution in [-0.4, -0.2) is 35.5 Å². The van der Waals surface area contributed by atoms with Crippen molar-refractivity contribution in [1.82, 2.24) is 9.63 Å². The number of fused-ring (bicyclic) bond motifs is 1. The summed E-state index contributed by atoms with van der Waals surface area (Å²) in [5.41, 5.74) is 14.1. The number of amides is 2. The number of primary amides is 2. The molecular weight excluding hydrogens is 412 g/mol. The summed E-state index contributed by atoms with van der Waals surface area (Å²) in [7, 11) is 1.61. The van der Waals surface area contributed by atoms with E-state index >= 15 is 0 Å². The van der Waals surface area contributed by atoms with E-state index in [1.54, 1.807) is 12.2 Å². The van der Waals surface area contributed by atoms with Gasteiger partial charge in [0.15, 0.2) is 5.75 Å². The van der Waals surface area contributed by atoms with Crippen molar-refractivity contribution >= 4 is 12.2 Å². The lowest BCUT2D eigenvalue weighted by atomic mass is 9.83. The van der Waals surface area contributed by atoms with E-state index in [9.17, 15) is 9.59 Å². The van der Waals surface area contributed by atoms with Crippen molar-refractivity contribution in [1.29, 1.82) is 0 Å². The number of carbonyl (C=O) groups excluding carboxylic acids is 2. The minimum atomic E-state index is -0.898. The van der Waals surface area contributed by atoms with Gasteiger partial charge >= 0.3 is 12.2 Å².